The van der Waals surface area contributed by atoms with Crippen LogP contribution in [0.2, 0.25) is 0 Å². The summed E-state index contributed by atoms with van der Waals surface area (Å²) >= 11 is 1.80. The number of hydrogen-bond acceptors (Lipinski definition) is 2. The van der Waals surface area contributed by atoms with Gasteiger partial charge in [-0.15, -0.1) is 11.3 Å². The Kier molecular flexibility index (Phi) is 5.41. The lowest BCUT2D eigenvalue weighted by Gasteiger charge is -2.09. The third kappa shape index (κ3) is 3.75. The lowest BCUT2D eigenvalue weighted by molar-refractivity contribution is 0.640. The first kappa shape index (κ1) is 26.8. The van der Waals surface area contributed by atoms with Crippen LogP contribution in [0.1, 0.15) is 0 Å². The zero-order valence-corrected chi connectivity index (χ0v) is 26.8. The van der Waals surface area contributed by atoms with Crippen molar-refractivity contribution in [3.8, 4) is 22.5 Å². The molecular weight excluding hydrogens is 624 g/mol. The fourth-order valence-electron chi connectivity index (χ4n) is 7.75. The van der Waals surface area contributed by atoms with Gasteiger partial charge in [-0.1, -0.05) is 66.7 Å². The molecule has 49 heavy (non-hydrogen) atoms. The number of para-hydroxylation sites is 4. The largest absolute Gasteiger partial charge is 0.309 e. The third-order valence-corrected chi connectivity index (χ3v) is 11.1. The second-order valence-electron chi connectivity index (χ2n) is 12.6. The minimum Gasteiger partial charge on any atom is -0.309 e. The molecule has 0 aliphatic heterocycles. The second kappa shape index (κ2) is 9.89. The Labute approximate surface area is 283 Å². The first-order chi connectivity index (χ1) is 24.2. The Balaban J connectivity index is 1.12. The highest BCUT2D eigenvalue weighted by atomic mass is 32.1. The summed E-state index contributed by atoms with van der Waals surface area (Å²) < 4.78 is 24.4. The molecule has 0 aliphatic rings. The zero-order valence-electron chi connectivity index (χ0n) is 26.0. The van der Waals surface area contributed by atoms with Crippen molar-refractivity contribution in [2.75, 3.05) is 0 Å². The van der Waals surface area contributed by atoms with Gasteiger partial charge in [0.15, 0.2) is 0 Å². The van der Waals surface area contributed by atoms with Gasteiger partial charge in [-0.2, -0.15) is 0 Å². The van der Waals surface area contributed by atoms with E-state index in [1.165, 1.54) is 20.2 Å². The zero-order chi connectivity index (χ0) is 32.2. The van der Waals surface area contributed by atoms with Gasteiger partial charge in [0.2, 0.25) is 5.78 Å². The smallest absolute Gasteiger partial charge is 0.220 e. The molecule has 6 heteroatoms. The molecule has 0 saturated carbocycles. The lowest BCUT2D eigenvalue weighted by Crippen LogP contribution is -1.94. The summed E-state index contributed by atoms with van der Waals surface area (Å²) in [5.74, 6) is 0.701. The van der Waals surface area contributed by atoms with Crippen LogP contribution < -0.4 is 0 Å². The molecule has 0 aliphatic carbocycles. The number of thiophene rings is 1. The quantitative estimate of drug-likeness (QED) is 0.187. The Morgan fingerprint density at radius 1 is 0.469 bits per heavy atom. The standard InChI is InChI=1S/C43H25FN4S/c44-33-12-8-16-38-42(33)30-11-4-6-14-35(30)46(38)29-19-22-41-32(25-29)31-23-26(18-21-40(31)49-41)27-17-20-37-39(24-27)48-36-15-7-5-13-34(36)45-43(48)47(37)28-9-2-1-3-10-28/h1-25H. The number of aromatic nitrogens is 4. The van der Waals surface area contributed by atoms with Crippen molar-refractivity contribution in [3.63, 3.8) is 0 Å². The first-order valence-electron chi connectivity index (χ1n) is 16.3. The van der Waals surface area contributed by atoms with E-state index in [4.69, 9.17) is 4.98 Å². The molecule has 4 aromatic heterocycles. The van der Waals surface area contributed by atoms with Gasteiger partial charge in [-0.3, -0.25) is 8.97 Å². The van der Waals surface area contributed by atoms with Crippen molar-refractivity contribution in [3.05, 3.63) is 157 Å². The van der Waals surface area contributed by atoms with E-state index in [0.717, 1.165) is 66.8 Å². The maximum absolute atomic E-state index is 15.2. The number of rotatable bonds is 3. The average molecular weight is 649 g/mol. The predicted molar refractivity (Wildman–Crippen MR) is 202 cm³/mol. The van der Waals surface area contributed by atoms with E-state index in [1.54, 1.807) is 23.5 Å². The van der Waals surface area contributed by atoms with Gasteiger partial charge >= 0.3 is 0 Å². The van der Waals surface area contributed by atoms with Gasteiger partial charge in [-0.25, -0.2) is 9.37 Å². The number of imidazole rings is 2. The maximum atomic E-state index is 15.2. The summed E-state index contributed by atoms with van der Waals surface area (Å²) in [6.07, 6.45) is 0. The predicted octanol–water partition coefficient (Wildman–Crippen LogP) is 11.7. The summed E-state index contributed by atoms with van der Waals surface area (Å²) in [5, 5.41) is 3.99. The van der Waals surface area contributed by atoms with Crippen molar-refractivity contribution in [2.24, 2.45) is 0 Å². The van der Waals surface area contributed by atoms with Gasteiger partial charge < -0.3 is 4.57 Å². The van der Waals surface area contributed by atoms with Crippen LogP contribution in [0, 0.1) is 5.82 Å². The topological polar surface area (TPSA) is 27.2 Å². The number of nitrogens with zero attached hydrogens (tertiary/aromatic N) is 4. The number of fused-ring (bicyclic) bond motifs is 11. The molecule has 0 unspecified atom stereocenters. The Hall–Kier alpha value is -6.24. The number of halogens is 1. The lowest BCUT2D eigenvalue weighted by atomic mass is 10.0. The van der Waals surface area contributed by atoms with Crippen molar-refractivity contribution in [1.82, 2.24) is 18.5 Å². The van der Waals surface area contributed by atoms with Gasteiger partial charge in [0.25, 0.3) is 0 Å². The summed E-state index contributed by atoms with van der Waals surface area (Å²) in [7, 11) is 0. The van der Waals surface area contributed by atoms with Crippen LogP contribution in [0.15, 0.2) is 152 Å². The summed E-state index contributed by atoms with van der Waals surface area (Å²) in [4.78, 5) is 5.08. The minimum atomic E-state index is -0.198. The van der Waals surface area contributed by atoms with Crippen LogP contribution in [-0.2, 0) is 0 Å². The van der Waals surface area contributed by atoms with E-state index in [-0.39, 0.29) is 5.82 Å². The van der Waals surface area contributed by atoms with E-state index >= 15 is 4.39 Å². The highest BCUT2D eigenvalue weighted by Gasteiger charge is 2.19. The number of hydrogen-bond donors (Lipinski definition) is 0. The summed E-state index contributed by atoms with van der Waals surface area (Å²) in [6.45, 7) is 0. The van der Waals surface area contributed by atoms with Crippen molar-refractivity contribution < 1.29 is 4.39 Å². The van der Waals surface area contributed by atoms with Crippen molar-refractivity contribution >= 4 is 81.2 Å². The van der Waals surface area contributed by atoms with Crippen molar-refractivity contribution in [1.29, 1.82) is 0 Å². The highest BCUT2D eigenvalue weighted by molar-refractivity contribution is 7.25. The second-order valence-corrected chi connectivity index (χ2v) is 13.7. The van der Waals surface area contributed by atoms with Gasteiger partial charge in [-0.05, 0) is 96.1 Å². The van der Waals surface area contributed by atoms with Crippen LogP contribution >= 0.6 is 11.3 Å². The third-order valence-electron chi connectivity index (χ3n) is 9.91. The van der Waals surface area contributed by atoms with Gasteiger partial charge in [0.05, 0.1) is 33.1 Å². The average Bonchev–Trinajstić information content (AvgIpc) is 3.88. The van der Waals surface area contributed by atoms with Crippen LogP contribution in [-0.4, -0.2) is 18.5 Å². The molecule has 0 spiro atoms. The van der Waals surface area contributed by atoms with E-state index in [1.807, 2.05) is 36.4 Å². The molecule has 4 heterocycles. The molecule has 0 atom stereocenters. The SMILES string of the molecule is Fc1cccc2c1c1ccccc1n2-c1ccc2sc3ccc(-c4ccc5c(c4)n4c6ccccc6nc4n5-c4ccccc4)cc3c2c1. The van der Waals surface area contributed by atoms with E-state index in [0.29, 0.717) is 5.39 Å². The molecule has 0 bridgehead atoms. The monoisotopic (exact) mass is 648 g/mol. The minimum absolute atomic E-state index is 0.198. The van der Waals surface area contributed by atoms with Crippen LogP contribution in [0.5, 0.6) is 0 Å². The molecular formula is C43H25FN4S. The van der Waals surface area contributed by atoms with E-state index in [9.17, 15) is 0 Å². The molecule has 0 N–H and O–H groups in total. The van der Waals surface area contributed by atoms with Gasteiger partial charge in [0, 0.05) is 42.3 Å². The number of benzene rings is 7. The Morgan fingerprint density at radius 2 is 1.18 bits per heavy atom. The van der Waals surface area contributed by atoms with E-state index in [2.05, 4.69) is 117 Å². The summed E-state index contributed by atoms with van der Waals surface area (Å²) in [5.41, 5.74) is 10.6. The normalized spacial score (nSPS) is 12.2. The Morgan fingerprint density at radius 3 is 2.08 bits per heavy atom. The molecule has 7 aromatic carbocycles. The van der Waals surface area contributed by atoms with E-state index < -0.39 is 0 Å². The van der Waals surface area contributed by atoms with Crippen LogP contribution in [0.4, 0.5) is 4.39 Å². The molecule has 230 valence electrons. The van der Waals surface area contributed by atoms with Crippen molar-refractivity contribution in [2.45, 2.75) is 0 Å². The Bertz CT molecular complexity index is 3120. The molecule has 0 amide bonds. The van der Waals surface area contributed by atoms with Gasteiger partial charge in [0.1, 0.15) is 5.82 Å². The molecule has 0 fully saturated rings. The molecule has 4 nitrogen and oxygen atoms in total. The summed E-state index contributed by atoms with van der Waals surface area (Å²) in [6, 6.07) is 52.4. The fraction of sp³-hybridized carbons (Fsp3) is 0. The molecule has 0 saturated heterocycles. The molecule has 0 radical (unpaired) electrons. The first-order valence-corrected chi connectivity index (χ1v) is 17.1. The van der Waals surface area contributed by atoms with Crippen LogP contribution in [0.3, 0.4) is 0 Å². The maximum Gasteiger partial charge on any atom is 0.220 e. The molecule has 11 rings (SSSR count). The molecule has 11 aromatic rings. The highest BCUT2D eigenvalue weighted by Crippen LogP contribution is 2.40. The fourth-order valence-corrected chi connectivity index (χ4v) is 8.82. The van der Waals surface area contributed by atoms with Crippen LogP contribution in [0.25, 0.3) is 92.3 Å².